The van der Waals surface area contributed by atoms with Gasteiger partial charge in [-0.3, -0.25) is 9.48 Å². The van der Waals surface area contributed by atoms with Crippen LogP contribution in [0, 0.1) is 0 Å². The van der Waals surface area contributed by atoms with Crippen molar-refractivity contribution in [2.75, 3.05) is 17.7 Å². The zero-order valence-electron chi connectivity index (χ0n) is 14.1. The molecule has 2 heterocycles. The number of esters is 1. The van der Waals surface area contributed by atoms with E-state index in [0.29, 0.717) is 22.8 Å². The first-order valence-corrected chi connectivity index (χ1v) is 8.78. The molecule has 0 bridgehead atoms. The van der Waals surface area contributed by atoms with Crippen LogP contribution in [0.3, 0.4) is 0 Å². The van der Waals surface area contributed by atoms with E-state index in [1.54, 1.807) is 16.9 Å². The van der Waals surface area contributed by atoms with Crippen molar-refractivity contribution in [3.8, 4) is 0 Å². The third-order valence-electron chi connectivity index (χ3n) is 3.33. The second kappa shape index (κ2) is 8.08. The van der Waals surface area contributed by atoms with Crippen molar-refractivity contribution in [3.63, 3.8) is 0 Å². The zero-order chi connectivity index (χ0) is 18.6. The molecular weight excluding hydrogens is 362 g/mol. The molecule has 8 nitrogen and oxygen atoms in total. The molecule has 0 aliphatic carbocycles. The van der Waals surface area contributed by atoms with Crippen LogP contribution in [0.5, 0.6) is 0 Å². The second-order valence-corrected chi connectivity index (χ2v) is 6.54. The van der Waals surface area contributed by atoms with E-state index in [1.165, 1.54) is 18.4 Å². The van der Waals surface area contributed by atoms with Crippen LogP contribution in [-0.2, 0) is 17.7 Å². The zero-order valence-corrected chi connectivity index (χ0v) is 15.7. The highest BCUT2D eigenvalue weighted by Crippen LogP contribution is 2.29. The number of thiocarbonyl (C=S) groups is 1. The number of amides is 1. The van der Waals surface area contributed by atoms with Crippen molar-refractivity contribution in [3.05, 3.63) is 28.4 Å². The van der Waals surface area contributed by atoms with E-state index in [9.17, 15) is 9.59 Å². The minimum atomic E-state index is -0.655. The number of rotatable bonds is 6. The van der Waals surface area contributed by atoms with Crippen LogP contribution in [0.2, 0.25) is 0 Å². The van der Waals surface area contributed by atoms with Crippen LogP contribution >= 0.6 is 23.6 Å². The molecule has 0 radical (unpaired) electrons. The Morgan fingerprint density at radius 2 is 2.12 bits per heavy atom. The minimum absolute atomic E-state index is 0.0969. The van der Waals surface area contributed by atoms with Gasteiger partial charge >= 0.3 is 5.97 Å². The number of nitrogens with zero attached hydrogens (tertiary/aromatic N) is 2. The van der Waals surface area contributed by atoms with E-state index in [4.69, 9.17) is 22.7 Å². The summed E-state index contributed by atoms with van der Waals surface area (Å²) in [6.45, 7) is 4.46. The average Bonchev–Trinajstić information content (AvgIpc) is 3.17. The van der Waals surface area contributed by atoms with Gasteiger partial charge in [0.05, 0.1) is 18.4 Å². The molecule has 134 valence electrons. The topological polar surface area (TPSA) is 111 Å². The highest BCUT2D eigenvalue weighted by Gasteiger charge is 2.19. The summed E-state index contributed by atoms with van der Waals surface area (Å²) in [5, 5.41) is 10.7. The number of nitrogens with one attached hydrogen (secondary N) is 2. The van der Waals surface area contributed by atoms with Gasteiger partial charge in [-0.15, -0.1) is 11.3 Å². The van der Waals surface area contributed by atoms with Crippen LogP contribution in [0.15, 0.2) is 12.3 Å². The Labute approximate surface area is 154 Å². The summed E-state index contributed by atoms with van der Waals surface area (Å²) in [5.74, 6) is -1.10. The monoisotopic (exact) mass is 381 g/mol. The van der Waals surface area contributed by atoms with Crippen LogP contribution in [0.25, 0.3) is 0 Å². The molecule has 1 amide bonds. The summed E-state index contributed by atoms with van der Waals surface area (Å²) in [6, 6.07) is 1.77. The van der Waals surface area contributed by atoms with Crippen molar-refractivity contribution < 1.29 is 14.3 Å². The Morgan fingerprint density at radius 3 is 2.68 bits per heavy atom. The summed E-state index contributed by atoms with van der Waals surface area (Å²) in [6.07, 6.45) is 2.42. The molecule has 0 atom stereocenters. The Bertz CT molecular complexity index is 812. The van der Waals surface area contributed by atoms with Gasteiger partial charge in [-0.2, -0.15) is 5.10 Å². The molecular formula is C15H19N5O3S2. The van der Waals surface area contributed by atoms with Gasteiger partial charge in [-0.25, -0.2) is 4.79 Å². The summed E-state index contributed by atoms with van der Waals surface area (Å²) < 4.78 is 6.37. The number of ether oxygens (including phenoxy) is 1. The number of methoxy groups -OCH3 is 1. The molecule has 2 aromatic heterocycles. The predicted molar refractivity (Wildman–Crippen MR) is 101 cm³/mol. The molecule has 0 aromatic carbocycles. The van der Waals surface area contributed by atoms with E-state index < -0.39 is 11.9 Å². The summed E-state index contributed by atoms with van der Waals surface area (Å²) >= 11 is 6.69. The summed E-state index contributed by atoms with van der Waals surface area (Å²) in [5.41, 5.74) is 6.25. The van der Waals surface area contributed by atoms with Gasteiger partial charge in [0.15, 0.2) is 10.8 Å². The molecule has 2 rings (SSSR count). The first kappa shape index (κ1) is 18.9. The number of hydrogen-bond donors (Lipinski definition) is 3. The Balaban J connectivity index is 2.21. The van der Waals surface area contributed by atoms with Crippen LogP contribution in [-0.4, -0.2) is 33.9 Å². The molecule has 10 heteroatoms. The highest BCUT2D eigenvalue weighted by molar-refractivity contribution is 7.80. The fraction of sp³-hybridized carbons (Fsp3) is 0.333. The van der Waals surface area contributed by atoms with E-state index in [-0.39, 0.29) is 10.8 Å². The van der Waals surface area contributed by atoms with E-state index in [1.807, 2.05) is 13.8 Å². The quantitative estimate of drug-likeness (QED) is 0.520. The van der Waals surface area contributed by atoms with Gasteiger partial charge in [0.2, 0.25) is 0 Å². The fourth-order valence-electron chi connectivity index (χ4n) is 2.08. The molecule has 0 saturated carbocycles. The molecule has 0 aliphatic heterocycles. The maximum Gasteiger partial charge on any atom is 0.340 e. The highest BCUT2D eigenvalue weighted by atomic mass is 32.1. The Hall–Kier alpha value is -2.46. The van der Waals surface area contributed by atoms with Crippen LogP contribution in [0.1, 0.15) is 39.6 Å². The van der Waals surface area contributed by atoms with Crippen molar-refractivity contribution in [1.82, 2.24) is 9.78 Å². The Morgan fingerprint density at radius 1 is 1.40 bits per heavy atom. The number of anilines is 2. The smallest absolute Gasteiger partial charge is 0.340 e. The molecule has 0 saturated heterocycles. The van der Waals surface area contributed by atoms with E-state index in [2.05, 4.69) is 15.7 Å². The number of primary amides is 1. The lowest BCUT2D eigenvalue weighted by atomic mass is 10.2. The van der Waals surface area contributed by atoms with Gasteiger partial charge in [-0.05, 0) is 31.6 Å². The summed E-state index contributed by atoms with van der Waals surface area (Å²) in [7, 11) is 1.32. The first-order chi connectivity index (χ1) is 11.9. The van der Waals surface area contributed by atoms with E-state index >= 15 is 0 Å². The van der Waals surface area contributed by atoms with Gasteiger partial charge in [0.1, 0.15) is 5.00 Å². The molecule has 25 heavy (non-hydrogen) atoms. The van der Waals surface area contributed by atoms with E-state index in [0.717, 1.165) is 11.3 Å². The fourth-order valence-corrected chi connectivity index (χ4v) is 3.35. The normalized spacial score (nSPS) is 10.4. The molecule has 2 aromatic rings. The van der Waals surface area contributed by atoms with Crippen LogP contribution in [0.4, 0.5) is 10.7 Å². The lowest BCUT2D eigenvalue weighted by molar-refractivity contribution is 0.0602. The predicted octanol–water partition coefficient (Wildman–Crippen LogP) is 2.22. The third kappa shape index (κ3) is 4.34. The maximum atomic E-state index is 11.9. The number of carbonyl (C=O) groups is 2. The molecule has 0 aliphatic rings. The van der Waals surface area contributed by atoms with Crippen molar-refractivity contribution in [2.24, 2.45) is 5.73 Å². The van der Waals surface area contributed by atoms with Gasteiger partial charge in [-0.1, -0.05) is 6.92 Å². The number of thiophene rings is 1. The number of nitrogens with two attached hydrogens (primary N) is 1. The third-order valence-corrected chi connectivity index (χ3v) is 4.73. The van der Waals surface area contributed by atoms with Crippen LogP contribution < -0.4 is 16.4 Å². The van der Waals surface area contributed by atoms with Crippen molar-refractivity contribution >= 4 is 51.2 Å². The number of aromatic nitrogens is 2. The number of hydrogen-bond acceptors (Lipinski definition) is 6. The lowest BCUT2D eigenvalue weighted by Gasteiger charge is -2.09. The van der Waals surface area contributed by atoms with Gasteiger partial charge < -0.3 is 21.1 Å². The average molecular weight is 381 g/mol. The Kier molecular flexibility index (Phi) is 6.10. The van der Waals surface area contributed by atoms with Crippen molar-refractivity contribution in [1.29, 1.82) is 0 Å². The van der Waals surface area contributed by atoms with Crippen molar-refractivity contribution in [2.45, 2.75) is 26.8 Å². The molecule has 0 spiro atoms. The molecule has 0 unspecified atom stereocenters. The largest absolute Gasteiger partial charge is 0.465 e. The molecule has 0 fully saturated rings. The molecule has 4 N–H and O–H groups in total. The maximum absolute atomic E-state index is 11.9. The lowest BCUT2D eigenvalue weighted by Crippen LogP contribution is -2.22. The number of carbonyl (C=O) groups excluding carboxylic acids is 2. The second-order valence-electron chi connectivity index (χ2n) is 4.99. The number of aryl methyl sites for hydroxylation is 2. The first-order valence-electron chi connectivity index (χ1n) is 7.55. The SMILES string of the molecule is CCc1cc(C(=O)OC)c(NC(=S)Nc2cn(CC)nc2C(N)=O)s1. The summed E-state index contributed by atoms with van der Waals surface area (Å²) in [4.78, 5) is 24.4. The van der Waals surface area contributed by atoms with Gasteiger partial charge in [0, 0.05) is 17.6 Å². The standard InChI is InChI=1S/C15H19N5O3S2/c1-4-8-6-9(14(22)23-3)13(25-8)18-15(24)17-10-7-20(5-2)19-11(10)12(16)21/h6-7H,4-5H2,1-3H3,(H2,16,21)(H2,17,18,24). The minimum Gasteiger partial charge on any atom is -0.465 e. The van der Waals surface area contributed by atoms with Gasteiger partial charge in [0.25, 0.3) is 5.91 Å².